The maximum atomic E-state index is 4.60. The number of rotatable bonds is 1. The molecule has 1 heteroatoms. The highest BCUT2D eigenvalue weighted by Crippen LogP contribution is 2.23. The summed E-state index contributed by atoms with van der Waals surface area (Å²) in [5, 5.41) is 4.60. The zero-order chi connectivity index (χ0) is 8.23. The molecule has 0 N–H and O–H groups in total. The van der Waals surface area contributed by atoms with Gasteiger partial charge in [0, 0.05) is 12.6 Å². The van der Waals surface area contributed by atoms with Crippen molar-refractivity contribution in [2.45, 2.75) is 25.3 Å². The average molecular weight is 160 g/mol. The Labute approximate surface area is 73.8 Å². The second-order valence-corrected chi connectivity index (χ2v) is 3.33. The molecule has 1 aromatic rings. The Balaban J connectivity index is 2.08. The molecule has 0 amide bonds. The van der Waals surface area contributed by atoms with E-state index >= 15 is 0 Å². The van der Waals surface area contributed by atoms with E-state index in [-0.39, 0.29) is 0 Å². The molecule has 12 heavy (non-hydrogen) atoms. The van der Waals surface area contributed by atoms with Crippen LogP contribution in [0.1, 0.15) is 30.9 Å². The number of hydrogen-bond acceptors (Lipinski definition) is 0. The van der Waals surface area contributed by atoms with E-state index in [9.17, 15) is 0 Å². The Kier molecular flexibility index (Phi) is 2.42. The molecule has 0 saturated carbocycles. The van der Waals surface area contributed by atoms with Crippen LogP contribution in [0.3, 0.4) is 0 Å². The maximum Gasteiger partial charge on any atom is 0.0495 e. The Hall–Kier alpha value is -0.820. The largest absolute Gasteiger partial charge is 0.234 e. The van der Waals surface area contributed by atoms with Gasteiger partial charge >= 0.3 is 0 Å². The quantitative estimate of drug-likeness (QED) is 0.599. The highest BCUT2D eigenvalue weighted by molar-refractivity contribution is 5.18. The minimum atomic E-state index is 0.486. The van der Waals surface area contributed by atoms with Crippen molar-refractivity contribution in [2.24, 2.45) is 0 Å². The van der Waals surface area contributed by atoms with Gasteiger partial charge in [0.25, 0.3) is 0 Å². The number of benzene rings is 1. The van der Waals surface area contributed by atoms with Gasteiger partial charge in [-0.1, -0.05) is 36.8 Å². The first-order valence-corrected chi connectivity index (χ1v) is 4.68. The van der Waals surface area contributed by atoms with Crippen molar-refractivity contribution in [3.05, 3.63) is 35.9 Å². The van der Waals surface area contributed by atoms with Crippen molar-refractivity contribution in [2.75, 3.05) is 6.54 Å². The van der Waals surface area contributed by atoms with Crippen molar-refractivity contribution < 1.29 is 0 Å². The van der Waals surface area contributed by atoms with Crippen LogP contribution < -0.4 is 5.32 Å². The molecule has 63 valence electrons. The van der Waals surface area contributed by atoms with Gasteiger partial charge in [0.05, 0.1) is 0 Å². The van der Waals surface area contributed by atoms with Crippen molar-refractivity contribution in [1.82, 2.24) is 5.32 Å². The molecule has 1 unspecified atom stereocenters. The van der Waals surface area contributed by atoms with Gasteiger partial charge in [-0.2, -0.15) is 0 Å². The summed E-state index contributed by atoms with van der Waals surface area (Å²) < 4.78 is 0. The summed E-state index contributed by atoms with van der Waals surface area (Å²) in [4.78, 5) is 0. The maximum absolute atomic E-state index is 4.60. The van der Waals surface area contributed by atoms with Gasteiger partial charge in [-0.05, 0) is 18.4 Å². The second-order valence-electron chi connectivity index (χ2n) is 3.33. The van der Waals surface area contributed by atoms with Gasteiger partial charge in [0.2, 0.25) is 0 Å². The van der Waals surface area contributed by atoms with Gasteiger partial charge in [-0.3, -0.25) is 0 Å². The van der Waals surface area contributed by atoms with E-state index in [4.69, 9.17) is 0 Å². The summed E-state index contributed by atoms with van der Waals surface area (Å²) in [7, 11) is 0. The van der Waals surface area contributed by atoms with Gasteiger partial charge in [0.1, 0.15) is 0 Å². The molecule has 1 radical (unpaired) electrons. The molecule has 1 atom stereocenters. The second kappa shape index (κ2) is 3.72. The Morgan fingerprint density at radius 1 is 1.08 bits per heavy atom. The summed E-state index contributed by atoms with van der Waals surface area (Å²) in [6, 6.07) is 11.1. The summed E-state index contributed by atoms with van der Waals surface area (Å²) in [5.41, 5.74) is 1.39. The van der Waals surface area contributed by atoms with Crippen LogP contribution in [0.4, 0.5) is 0 Å². The van der Waals surface area contributed by atoms with Crippen molar-refractivity contribution in [1.29, 1.82) is 0 Å². The molecule has 0 spiro atoms. The zero-order valence-electron chi connectivity index (χ0n) is 7.24. The minimum absolute atomic E-state index is 0.486. The fraction of sp³-hybridized carbons (Fsp3) is 0.455. The molecule has 1 aromatic carbocycles. The van der Waals surface area contributed by atoms with Gasteiger partial charge in [0.15, 0.2) is 0 Å². The van der Waals surface area contributed by atoms with Gasteiger partial charge in [-0.25, -0.2) is 5.32 Å². The van der Waals surface area contributed by atoms with E-state index < -0.39 is 0 Å². The van der Waals surface area contributed by atoms with Crippen LogP contribution in [0.15, 0.2) is 30.3 Å². The normalized spacial score (nSPS) is 23.8. The molecule has 1 heterocycles. The lowest BCUT2D eigenvalue weighted by atomic mass is 9.98. The van der Waals surface area contributed by atoms with Crippen LogP contribution in [-0.2, 0) is 0 Å². The van der Waals surface area contributed by atoms with Gasteiger partial charge in [-0.15, -0.1) is 0 Å². The van der Waals surface area contributed by atoms with E-state index in [2.05, 4.69) is 35.6 Å². The number of hydrogen-bond donors (Lipinski definition) is 0. The third kappa shape index (κ3) is 1.67. The predicted octanol–water partition coefficient (Wildman–Crippen LogP) is 2.52. The summed E-state index contributed by atoms with van der Waals surface area (Å²) in [6.45, 7) is 1.06. The standard InChI is InChI=1S/C11H14N/c1-2-6-10(7-3-1)11-8-4-5-9-12-11/h1-3,6-7,11H,4-5,8-9H2. The van der Waals surface area contributed by atoms with Crippen LogP contribution in [-0.4, -0.2) is 6.54 Å². The van der Waals surface area contributed by atoms with Crippen LogP contribution in [0.2, 0.25) is 0 Å². The smallest absolute Gasteiger partial charge is 0.0495 e. The van der Waals surface area contributed by atoms with Crippen molar-refractivity contribution in [3.63, 3.8) is 0 Å². The molecule has 1 fully saturated rings. The molecule has 1 aliphatic rings. The molecular weight excluding hydrogens is 146 g/mol. The minimum Gasteiger partial charge on any atom is -0.234 e. The average Bonchev–Trinajstić information content (AvgIpc) is 2.21. The van der Waals surface area contributed by atoms with E-state index in [1.165, 1.54) is 24.8 Å². The summed E-state index contributed by atoms with van der Waals surface area (Å²) >= 11 is 0. The fourth-order valence-electron chi connectivity index (χ4n) is 1.74. The zero-order valence-corrected chi connectivity index (χ0v) is 7.24. The number of nitrogens with zero attached hydrogens (tertiary/aromatic N) is 1. The monoisotopic (exact) mass is 160 g/mol. The molecule has 0 aliphatic carbocycles. The molecular formula is C11H14N. The Bertz CT molecular complexity index is 224. The summed E-state index contributed by atoms with van der Waals surface area (Å²) in [5.74, 6) is 0. The van der Waals surface area contributed by atoms with Crippen LogP contribution >= 0.6 is 0 Å². The Morgan fingerprint density at radius 2 is 1.92 bits per heavy atom. The molecule has 2 rings (SSSR count). The van der Waals surface area contributed by atoms with Crippen LogP contribution in [0, 0.1) is 0 Å². The predicted molar refractivity (Wildman–Crippen MR) is 50.0 cm³/mol. The lowest BCUT2D eigenvalue weighted by molar-refractivity contribution is 0.403. The van der Waals surface area contributed by atoms with E-state index in [1.807, 2.05) is 0 Å². The highest BCUT2D eigenvalue weighted by atomic mass is 14.9. The van der Waals surface area contributed by atoms with E-state index in [0.29, 0.717) is 6.04 Å². The van der Waals surface area contributed by atoms with Gasteiger partial charge < -0.3 is 0 Å². The first-order valence-electron chi connectivity index (χ1n) is 4.68. The SMILES string of the molecule is c1ccc(C2CCCC[N]2)cc1. The third-order valence-electron chi connectivity index (χ3n) is 2.42. The summed E-state index contributed by atoms with van der Waals surface area (Å²) in [6.07, 6.45) is 3.86. The number of piperidine rings is 1. The van der Waals surface area contributed by atoms with Crippen molar-refractivity contribution in [3.8, 4) is 0 Å². The van der Waals surface area contributed by atoms with E-state index in [1.54, 1.807) is 0 Å². The molecule has 1 saturated heterocycles. The first-order chi connectivity index (χ1) is 5.97. The molecule has 1 aliphatic heterocycles. The lowest BCUT2D eigenvalue weighted by Gasteiger charge is -2.21. The Morgan fingerprint density at radius 3 is 2.58 bits per heavy atom. The van der Waals surface area contributed by atoms with Crippen molar-refractivity contribution >= 4 is 0 Å². The molecule has 1 nitrogen and oxygen atoms in total. The lowest BCUT2D eigenvalue weighted by Crippen LogP contribution is -2.19. The molecule has 0 aromatic heterocycles. The fourth-order valence-corrected chi connectivity index (χ4v) is 1.74. The van der Waals surface area contributed by atoms with Crippen LogP contribution in [0.5, 0.6) is 0 Å². The molecule has 0 bridgehead atoms. The van der Waals surface area contributed by atoms with E-state index in [0.717, 1.165) is 6.54 Å². The highest BCUT2D eigenvalue weighted by Gasteiger charge is 2.14. The topological polar surface area (TPSA) is 14.1 Å². The first kappa shape index (κ1) is 7.81. The third-order valence-corrected chi connectivity index (χ3v) is 2.42. The van der Waals surface area contributed by atoms with Crippen LogP contribution in [0.25, 0.3) is 0 Å².